The zero-order valence-corrected chi connectivity index (χ0v) is 9.45. The maximum absolute atomic E-state index is 9.28. The van der Waals surface area contributed by atoms with Crippen molar-refractivity contribution in [3.8, 4) is 0 Å². The van der Waals surface area contributed by atoms with Crippen molar-refractivity contribution in [3.05, 3.63) is 0 Å². The molecule has 3 nitrogen and oxygen atoms in total. The average molecular weight is 200 g/mol. The van der Waals surface area contributed by atoms with Crippen LogP contribution in [0.5, 0.6) is 0 Å². The second kappa shape index (κ2) is 5.69. The van der Waals surface area contributed by atoms with Crippen molar-refractivity contribution in [2.75, 3.05) is 19.7 Å². The molecule has 0 aliphatic carbocycles. The quantitative estimate of drug-likeness (QED) is 0.709. The number of nitrogens with two attached hydrogens (primary N) is 1. The van der Waals surface area contributed by atoms with Gasteiger partial charge in [0, 0.05) is 12.1 Å². The second-order valence-corrected chi connectivity index (χ2v) is 4.68. The molecule has 0 spiro atoms. The second-order valence-electron chi connectivity index (χ2n) is 4.68. The normalized spacial score (nSPS) is 29.6. The van der Waals surface area contributed by atoms with Gasteiger partial charge in [0.2, 0.25) is 0 Å². The maximum Gasteiger partial charge on any atom is 0.0601 e. The van der Waals surface area contributed by atoms with E-state index in [-0.39, 0.29) is 18.7 Å². The van der Waals surface area contributed by atoms with Crippen LogP contribution in [-0.4, -0.2) is 41.8 Å². The first kappa shape index (κ1) is 12.0. The molecule has 3 atom stereocenters. The predicted molar refractivity (Wildman–Crippen MR) is 59.1 cm³/mol. The first-order chi connectivity index (χ1) is 6.65. The van der Waals surface area contributed by atoms with Gasteiger partial charge in [0.05, 0.1) is 6.61 Å². The molecule has 1 rings (SSSR count). The molecule has 0 bridgehead atoms. The molecule has 3 heteroatoms. The molecule has 1 aliphatic heterocycles. The summed E-state index contributed by atoms with van der Waals surface area (Å²) >= 11 is 0. The van der Waals surface area contributed by atoms with Gasteiger partial charge in [-0.2, -0.15) is 0 Å². The van der Waals surface area contributed by atoms with Gasteiger partial charge in [-0.05, 0) is 45.2 Å². The van der Waals surface area contributed by atoms with Crippen molar-refractivity contribution < 1.29 is 5.11 Å². The fraction of sp³-hybridized carbons (Fsp3) is 1.00. The van der Waals surface area contributed by atoms with Gasteiger partial charge in [0.15, 0.2) is 0 Å². The van der Waals surface area contributed by atoms with Crippen LogP contribution >= 0.6 is 0 Å². The van der Waals surface area contributed by atoms with Gasteiger partial charge in [-0.15, -0.1) is 0 Å². The number of rotatable bonds is 3. The average Bonchev–Trinajstić information content (AvgIpc) is 2.32. The van der Waals surface area contributed by atoms with Crippen LogP contribution in [0.4, 0.5) is 0 Å². The summed E-state index contributed by atoms with van der Waals surface area (Å²) in [5, 5.41) is 9.28. The minimum Gasteiger partial charge on any atom is -0.395 e. The Kier molecular flexibility index (Phi) is 4.85. The molecule has 1 aliphatic rings. The molecular weight excluding hydrogens is 176 g/mol. The molecule has 0 aromatic carbocycles. The van der Waals surface area contributed by atoms with E-state index in [9.17, 15) is 5.11 Å². The van der Waals surface area contributed by atoms with E-state index in [1.54, 1.807) is 0 Å². The summed E-state index contributed by atoms with van der Waals surface area (Å²) in [4.78, 5) is 2.36. The lowest BCUT2D eigenvalue weighted by atomic mass is 10.0. The zero-order valence-electron chi connectivity index (χ0n) is 9.45. The Balaban J connectivity index is 2.48. The third-order valence-corrected chi connectivity index (χ3v) is 3.31. The van der Waals surface area contributed by atoms with E-state index in [2.05, 4.69) is 11.8 Å². The first-order valence-electron chi connectivity index (χ1n) is 5.75. The molecular formula is C11H24N2O. The Bertz CT molecular complexity index is 161. The highest BCUT2D eigenvalue weighted by Gasteiger charge is 2.23. The summed E-state index contributed by atoms with van der Waals surface area (Å²) in [6.45, 7) is 6.66. The van der Waals surface area contributed by atoms with Crippen molar-refractivity contribution in [1.82, 2.24) is 4.90 Å². The molecule has 1 heterocycles. The SMILES string of the molecule is CC1CCCN(C(CO)C(C)N)CC1. The molecule has 1 fully saturated rings. The summed E-state index contributed by atoms with van der Waals surface area (Å²) < 4.78 is 0. The summed E-state index contributed by atoms with van der Waals surface area (Å²) in [6, 6.07) is 0.216. The van der Waals surface area contributed by atoms with Crippen LogP contribution in [0.1, 0.15) is 33.1 Å². The molecule has 1 saturated heterocycles. The van der Waals surface area contributed by atoms with E-state index in [0.717, 1.165) is 19.0 Å². The van der Waals surface area contributed by atoms with Crippen LogP contribution in [0.25, 0.3) is 0 Å². The molecule has 0 saturated carbocycles. The molecule has 3 N–H and O–H groups in total. The number of nitrogens with zero attached hydrogens (tertiary/aromatic N) is 1. The fourth-order valence-electron chi connectivity index (χ4n) is 2.23. The minimum absolute atomic E-state index is 0.0633. The van der Waals surface area contributed by atoms with Crippen LogP contribution in [0.2, 0.25) is 0 Å². The van der Waals surface area contributed by atoms with Gasteiger partial charge in [0.25, 0.3) is 0 Å². The molecule has 0 amide bonds. The molecule has 84 valence electrons. The van der Waals surface area contributed by atoms with E-state index < -0.39 is 0 Å². The van der Waals surface area contributed by atoms with Crippen molar-refractivity contribution in [2.24, 2.45) is 11.7 Å². The van der Waals surface area contributed by atoms with Crippen molar-refractivity contribution >= 4 is 0 Å². The topological polar surface area (TPSA) is 49.5 Å². The van der Waals surface area contributed by atoms with Gasteiger partial charge < -0.3 is 10.8 Å². The zero-order chi connectivity index (χ0) is 10.6. The van der Waals surface area contributed by atoms with Crippen molar-refractivity contribution in [2.45, 2.75) is 45.2 Å². The Hall–Kier alpha value is -0.120. The molecule has 0 aromatic rings. The van der Waals surface area contributed by atoms with E-state index in [0.29, 0.717) is 0 Å². The van der Waals surface area contributed by atoms with Crippen molar-refractivity contribution in [1.29, 1.82) is 0 Å². The number of hydrogen-bond donors (Lipinski definition) is 2. The number of likely N-dealkylation sites (tertiary alicyclic amines) is 1. The Morgan fingerprint density at radius 1 is 1.43 bits per heavy atom. The largest absolute Gasteiger partial charge is 0.395 e. The number of aliphatic hydroxyl groups is 1. The summed E-state index contributed by atoms with van der Waals surface area (Å²) in [6.07, 6.45) is 3.79. The Morgan fingerprint density at radius 2 is 2.14 bits per heavy atom. The third-order valence-electron chi connectivity index (χ3n) is 3.31. The molecule has 14 heavy (non-hydrogen) atoms. The highest BCUT2D eigenvalue weighted by molar-refractivity contribution is 4.80. The lowest BCUT2D eigenvalue weighted by Gasteiger charge is -2.31. The smallest absolute Gasteiger partial charge is 0.0601 e. The van der Waals surface area contributed by atoms with Gasteiger partial charge in [-0.25, -0.2) is 0 Å². The van der Waals surface area contributed by atoms with Crippen LogP contribution in [0.15, 0.2) is 0 Å². The lowest BCUT2D eigenvalue weighted by Crippen LogP contribution is -2.49. The van der Waals surface area contributed by atoms with Gasteiger partial charge in [-0.1, -0.05) is 6.92 Å². The Morgan fingerprint density at radius 3 is 2.71 bits per heavy atom. The molecule has 3 unspecified atom stereocenters. The van der Waals surface area contributed by atoms with Gasteiger partial charge >= 0.3 is 0 Å². The third kappa shape index (κ3) is 3.23. The maximum atomic E-state index is 9.28. The summed E-state index contributed by atoms with van der Waals surface area (Å²) in [7, 11) is 0. The fourth-order valence-corrected chi connectivity index (χ4v) is 2.23. The molecule has 0 aromatic heterocycles. The summed E-state index contributed by atoms with van der Waals surface area (Å²) in [5.74, 6) is 0.826. The van der Waals surface area contributed by atoms with Crippen LogP contribution in [0.3, 0.4) is 0 Å². The standard InChI is InChI=1S/C11H24N2O/c1-9-4-3-6-13(7-5-9)11(8-14)10(2)12/h9-11,14H,3-8,12H2,1-2H3. The highest BCUT2D eigenvalue weighted by Crippen LogP contribution is 2.18. The monoisotopic (exact) mass is 200 g/mol. The van der Waals surface area contributed by atoms with E-state index in [4.69, 9.17) is 5.73 Å². The first-order valence-corrected chi connectivity index (χ1v) is 5.75. The van der Waals surface area contributed by atoms with Gasteiger partial charge in [-0.3, -0.25) is 4.90 Å². The lowest BCUT2D eigenvalue weighted by molar-refractivity contribution is 0.110. The Labute approximate surface area is 87.3 Å². The van der Waals surface area contributed by atoms with Crippen molar-refractivity contribution in [3.63, 3.8) is 0 Å². The number of hydrogen-bond acceptors (Lipinski definition) is 3. The van der Waals surface area contributed by atoms with E-state index in [1.807, 2.05) is 6.92 Å². The van der Waals surface area contributed by atoms with Crippen LogP contribution in [0, 0.1) is 5.92 Å². The highest BCUT2D eigenvalue weighted by atomic mass is 16.3. The summed E-state index contributed by atoms with van der Waals surface area (Å²) in [5.41, 5.74) is 5.86. The van der Waals surface area contributed by atoms with Crippen LogP contribution < -0.4 is 5.73 Å². The van der Waals surface area contributed by atoms with E-state index in [1.165, 1.54) is 19.3 Å². The van der Waals surface area contributed by atoms with Crippen LogP contribution in [-0.2, 0) is 0 Å². The minimum atomic E-state index is 0.0633. The predicted octanol–water partition coefficient (Wildman–Crippen LogP) is 0.816. The number of aliphatic hydroxyl groups excluding tert-OH is 1. The molecule has 0 radical (unpaired) electrons. The van der Waals surface area contributed by atoms with E-state index >= 15 is 0 Å². The van der Waals surface area contributed by atoms with Gasteiger partial charge in [0.1, 0.15) is 0 Å².